The van der Waals surface area contributed by atoms with Crippen molar-refractivity contribution in [2.24, 2.45) is 5.73 Å². The molecule has 15 heavy (non-hydrogen) atoms. The quantitative estimate of drug-likeness (QED) is 0.847. The number of aromatic nitrogens is 3. The van der Waals surface area contributed by atoms with Gasteiger partial charge in [0, 0.05) is 3.57 Å². The third kappa shape index (κ3) is 2.75. The van der Waals surface area contributed by atoms with Crippen molar-refractivity contribution in [2.75, 3.05) is 0 Å². The molecule has 3 N–H and O–H groups in total. The summed E-state index contributed by atoms with van der Waals surface area (Å²) in [4.78, 5) is 0. The molecule has 1 unspecified atom stereocenters. The van der Waals surface area contributed by atoms with E-state index in [4.69, 9.17) is 5.73 Å². The van der Waals surface area contributed by atoms with Crippen molar-refractivity contribution >= 4 is 22.6 Å². The van der Waals surface area contributed by atoms with Crippen molar-refractivity contribution in [1.29, 1.82) is 0 Å². The normalized spacial score (nSPS) is 12.7. The number of rotatable bonds is 3. The fraction of sp³-hybridized carbons (Fsp3) is 0.200. The van der Waals surface area contributed by atoms with Crippen LogP contribution in [0.25, 0.3) is 0 Å². The molecule has 0 bridgehead atoms. The molecule has 5 heteroatoms. The van der Waals surface area contributed by atoms with Gasteiger partial charge in [-0.1, -0.05) is 12.1 Å². The minimum absolute atomic E-state index is 0.0937. The molecule has 0 saturated heterocycles. The van der Waals surface area contributed by atoms with E-state index in [2.05, 4.69) is 62.3 Å². The summed E-state index contributed by atoms with van der Waals surface area (Å²) in [6, 6.07) is 8.23. The maximum absolute atomic E-state index is 5.99. The van der Waals surface area contributed by atoms with E-state index >= 15 is 0 Å². The SMILES string of the molecule is NC(Cc1ccc(I)cc1)c1cn[nH]n1. The van der Waals surface area contributed by atoms with Gasteiger partial charge in [0.25, 0.3) is 0 Å². The van der Waals surface area contributed by atoms with E-state index in [9.17, 15) is 0 Å². The van der Waals surface area contributed by atoms with Gasteiger partial charge in [-0.2, -0.15) is 15.4 Å². The van der Waals surface area contributed by atoms with Crippen LogP contribution in [0.15, 0.2) is 30.5 Å². The minimum Gasteiger partial charge on any atom is -0.322 e. The lowest BCUT2D eigenvalue weighted by Gasteiger charge is -2.07. The first-order valence-corrected chi connectivity index (χ1v) is 5.69. The molecule has 1 aromatic carbocycles. The molecule has 1 atom stereocenters. The summed E-state index contributed by atoms with van der Waals surface area (Å²) in [5.74, 6) is 0. The number of nitrogens with zero attached hydrogens (tertiary/aromatic N) is 2. The van der Waals surface area contributed by atoms with Crippen molar-refractivity contribution in [2.45, 2.75) is 12.5 Å². The van der Waals surface area contributed by atoms with Crippen LogP contribution in [0, 0.1) is 3.57 Å². The lowest BCUT2D eigenvalue weighted by Crippen LogP contribution is -2.13. The van der Waals surface area contributed by atoms with Crippen LogP contribution < -0.4 is 5.73 Å². The maximum atomic E-state index is 5.99. The third-order valence-electron chi connectivity index (χ3n) is 2.18. The first kappa shape index (κ1) is 10.6. The van der Waals surface area contributed by atoms with E-state index in [1.165, 1.54) is 9.13 Å². The number of H-pyrrole nitrogens is 1. The number of hydrogen-bond donors (Lipinski definition) is 2. The topological polar surface area (TPSA) is 67.6 Å². The number of nitrogens with one attached hydrogen (secondary N) is 1. The van der Waals surface area contributed by atoms with E-state index in [-0.39, 0.29) is 6.04 Å². The summed E-state index contributed by atoms with van der Waals surface area (Å²) >= 11 is 2.28. The standard InChI is InChI=1S/C10H11IN4/c11-8-3-1-7(2-4-8)5-9(12)10-6-13-15-14-10/h1-4,6,9H,5,12H2,(H,13,14,15). The Labute approximate surface area is 101 Å². The monoisotopic (exact) mass is 314 g/mol. The summed E-state index contributed by atoms with van der Waals surface area (Å²) in [6.45, 7) is 0. The van der Waals surface area contributed by atoms with Crippen LogP contribution in [-0.2, 0) is 6.42 Å². The first-order valence-electron chi connectivity index (χ1n) is 4.61. The van der Waals surface area contributed by atoms with E-state index in [0.717, 1.165) is 12.1 Å². The summed E-state index contributed by atoms with van der Waals surface area (Å²) in [6.07, 6.45) is 2.45. The Bertz CT molecular complexity index is 409. The number of aromatic amines is 1. The molecule has 0 aliphatic rings. The zero-order chi connectivity index (χ0) is 10.7. The molecule has 2 aromatic rings. The second-order valence-electron chi connectivity index (χ2n) is 3.33. The molecule has 2 rings (SSSR count). The molecular formula is C10H11IN4. The predicted octanol–water partition coefficient (Wildman–Crippen LogP) is 1.65. The van der Waals surface area contributed by atoms with Crippen molar-refractivity contribution in [1.82, 2.24) is 15.4 Å². The van der Waals surface area contributed by atoms with Gasteiger partial charge in [-0.05, 0) is 46.7 Å². The Hall–Kier alpha value is -0.950. The van der Waals surface area contributed by atoms with Crippen LogP contribution in [0.5, 0.6) is 0 Å². The summed E-state index contributed by atoms with van der Waals surface area (Å²) < 4.78 is 1.23. The largest absolute Gasteiger partial charge is 0.322 e. The van der Waals surface area contributed by atoms with Gasteiger partial charge in [-0.15, -0.1) is 0 Å². The highest BCUT2D eigenvalue weighted by molar-refractivity contribution is 14.1. The van der Waals surface area contributed by atoms with Gasteiger partial charge < -0.3 is 5.73 Å². The van der Waals surface area contributed by atoms with E-state index in [1.54, 1.807) is 6.20 Å². The molecule has 0 aliphatic heterocycles. The van der Waals surface area contributed by atoms with Crippen LogP contribution in [0.1, 0.15) is 17.3 Å². The van der Waals surface area contributed by atoms with Crippen LogP contribution >= 0.6 is 22.6 Å². The molecule has 0 aliphatic carbocycles. The van der Waals surface area contributed by atoms with Crippen molar-refractivity contribution in [3.05, 3.63) is 45.3 Å². The van der Waals surface area contributed by atoms with Gasteiger partial charge in [0.05, 0.1) is 17.9 Å². The average Bonchev–Trinajstić information content (AvgIpc) is 2.74. The molecular weight excluding hydrogens is 303 g/mol. The van der Waals surface area contributed by atoms with Crippen molar-refractivity contribution in [3.8, 4) is 0 Å². The Morgan fingerprint density at radius 1 is 1.33 bits per heavy atom. The van der Waals surface area contributed by atoms with Gasteiger partial charge in [0.1, 0.15) is 0 Å². The molecule has 0 radical (unpaired) electrons. The fourth-order valence-electron chi connectivity index (χ4n) is 1.37. The Balaban J connectivity index is 2.06. The average molecular weight is 314 g/mol. The van der Waals surface area contributed by atoms with E-state index < -0.39 is 0 Å². The molecule has 1 heterocycles. The number of nitrogens with two attached hydrogens (primary N) is 1. The second-order valence-corrected chi connectivity index (χ2v) is 4.58. The molecule has 4 nitrogen and oxygen atoms in total. The smallest absolute Gasteiger partial charge is 0.0995 e. The molecule has 0 saturated carbocycles. The zero-order valence-corrected chi connectivity index (χ0v) is 10.2. The Kier molecular flexibility index (Phi) is 3.32. The van der Waals surface area contributed by atoms with Crippen LogP contribution in [0.3, 0.4) is 0 Å². The summed E-state index contributed by atoms with van der Waals surface area (Å²) in [5.41, 5.74) is 8.00. The zero-order valence-electron chi connectivity index (χ0n) is 8.02. The first-order chi connectivity index (χ1) is 7.25. The van der Waals surface area contributed by atoms with E-state index in [1.807, 2.05) is 0 Å². The van der Waals surface area contributed by atoms with Gasteiger partial charge in [-0.3, -0.25) is 0 Å². The molecule has 0 spiro atoms. The highest BCUT2D eigenvalue weighted by atomic mass is 127. The third-order valence-corrected chi connectivity index (χ3v) is 2.90. The van der Waals surface area contributed by atoms with Gasteiger partial charge in [0.2, 0.25) is 0 Å². The van der Waals surface area contributed by atoms with Gasteiger partial charge in [0.15, 0.2) is 0 Å². The fourth-order valence-corrected chi connectivity index (χ4v) is 1.73. The summed E-state index contributed by atoms with van der Waals surface area (Å²) in [7, 11) is 0. The van der Waals surface area contributed by atoms with Gasteiger partial charge >= 0.3 is 0 Å². The molecule has 78 valence electrons. The molecule has 1 aromatic heterocycles. The Morgan fingerprint density at radius 2 is 2.07 bits per heavy atom. The van der Waals surface area contributed by atoms with Crippen molar-refractivity contribution in [3.63, 3.8) is 0 Å². The molecule has 0 fully saturated rings. The number of benzene rings is 1. The predicted molar refractivity (Wildman–Crippen MR) is 66.2 cm³/mol. The molecule has 0 amide bonds. The van der Waals surface area contributed by atoms with E-state index in [0.29, 0.717) is 0 Å². The maximum Gasteiger partial charge on any atom is 0.0995 e. The van der Waals surface area contributed by atoms with Crippen LogP contribution in [0.4, 0.5) is 0 Å². The summed E-state index contributed by atoms with van der Waals surface area (Å²) in [5, 5.41) is 10.3. The van der Waals surface area contributed by atoms with Crippen molar-refractivity contribution < 1.29 is 0 Å². The number of hydrogen-bond acceptors (Lipinski definition) is 3. The lowest BCUT2D eigenvalue weighted by atomic mass is 10.1. The highest BCUT2D eigenvalue weighted by Gasteiger charge is 2.09. The highest BCUT2D eigenvalue weighted by Crippen LogP contribution is 2.14. The Morgan fingerprint density at radius 3 is 2.67 bits per heavy atom. The second kappa shape index (κ2) is 4.71. The van der Waals surface area contributed by atoms with Gasteiger partial charge in [-0.25, -0.2) is 0 Å². The number of halogens is 1. The lowest BCUT2D eigenvalue weighted by molar-refractivity contribution is 0.691. The van der Waals surface area contributed by atoms with Crippen LogP contribution in [-0.4, -0.2) is 15.4 Å². The minimum atomic E-state index is -0.0937. The van der Waals surface area contributed by atoms with Crippen LogP contribution in [0.2, 0.25) is 0 Å².